The van der Waals surface area contributed by atoms with Crippen LogP contribution < -0.4 is 55.7 Å². The Bertz CT molecular complexity index is 837. The zero-order chi connectivity index (χ0) is 14.5. The maximum absolute atomic E-state index is 11.7. The van der Waals surface area contributed by atoms with Crippen LogP contribution >= 0.6 is 0 Å². The third-order valence-electron chi connectivity index (χ3n) is 2.96. The molecule has 0 atom stereocenters. The van der Waals surface area contributed by atoms with Crippen molar-refractivity contribution in [3.63, 3.8) is 0 Å². The van der Waals surface area contributed by atoms with Crippen LogP contribution in [0.15, 0.2) is 30.3 Å². The van der Waals surface area contributed by atoms with Crippen molar-refractivity contribution in [1.29, 1.82) is 0 Å². The number of aromatic hydroxyl groups is 2. The Hall–Kier alpha value is -0.844. The van der Waals surface area contributed by atoms with Gasteiger partial charge in [0.1, 0.15) is 11.5 Å². The van der Waals surface area contributed by atoms with Gasteiger partial charge >= 0.3 is 51.4 Å². The molecule has 9 heteroatoms. The van der Waals surface area contributed by atoms with Crippen molar-refractivity contribution in [1.82, 2.24) is 0 Å². The first-order valence-electron chi connectivity index (χ1n) is 5.61. The zero-order valence-corrected chi connectivity index (χ0v) is 15.0. The molecule has 0 bridgehead atoms. The predicted octanol–water partition coefficient (Wildman–Crippen LogP) is -1.78. The molecule has 1 fully saturated rings. The van der Waals surface area contributed by atoms with Crippen molar-refractivity contribution in [2.24, 2.45) is 0 Å². The number of anilines is 1. The molecule has 2 aromatic rings. The van der Waals surface area contributed by atoms with Gasteiger partial charge in [-0.2, -0.15) is 0 Å². The molecule has 0 aliphatic carbocycles. The Morgan fingerprint density at radius 1 is 1.10 bits per heavy atom. The molecule has 1 heterocycles. The van der Waals surface area contributed by atoms with E-state index in [4.69, 9.17) is 0 Å². The topological polar surface area (TPSA) is 109 Å². The first kappa shape index (κ1) is 16.5. The summed E-state index contributed by atoms with van der Waals surface area (Å²) >= 11 is 0. The third kappa shape index (κ3) is 3.03. The number of carbonyl (C=O) groups excluding carboxylic acids is 1. The van der Waals surface area contributed by atoms with Crippen LogP contribution in [0.5, 0.6) is 11.5 Å². The molecule has 1 saturated heterocycles. The molecule has 104 valence electrons. The second-order valence-corrected chi connectivity index (χ2v) is 5.86. The molecule has 0 aromatic heterocycles. The molecule has 2 N–H and O–H groups in total. The molecule has 2 aromatic carbocycles. The first-order valence-corrected chi connectivity index (χ1v) is 7.01. The maximum Gasteiger partial charge on any atom is 1.00 e. The van der Waals surface area contributed by atoms with E-state index in [1.54, 1.807) is 6.07 Å². The zero-order valence-electron chi connectivity index (χ0n) is 11.0. The minimum atomic E-state index is -4.10. The summed E-state index contributed by atoms with van der Waals surface area (Å²) in [5, 5.41) is 20.5. The summed E-state index contributed by atoms with van der Waals surface area (Å²) in [4.78, 5) is 11.2. The molecular formula is C12H9KN2O5S. The van der Waals surface area contributed by atoms with Crippen LogP contribution in [0.4, 0.5) is 5.69 Å². The molecule has 7 nitrogen and oxygen atoms in total. The van der Waals surface area contributed by atoms with Crippen LogP contribution in [0.2, 0.25) is 0 Å². The number of hydrogen-bond acceptors (Lipinski definition) is 5. The van der Waals surface area contributed by atoms with E-state index in [2.05, 4.69) is 4.72 Å². The van der Waals surface area contributed by atoms with Gasteiger partial charge in [0.15, 0.2) is 10.2 Å². The van der Waals surface area contributed by atoms with Crippen LogP contribution in [0.3, 0.4) is 0 Å². The number of carbonyl (C=O) groups is 1. The van der Waals surface area contributed by atoms with Crippen molar-refractivity contribution in [2.75, 3.05) is 10.8 Å². The number of phenolic OH excluding ortho intramolecular Hbond substituents is 2. The molecule has 21 heavy (non-hydrogen) atoms. The standard InChI is InChI=1S/C12H10N2O5S.K/c15-9-2-1-7-5-11(16)10(4-8(7)3-9)14-6-12(17)13-20(14,18)19;/h1-5H,6H2,(H3,13,15,16,17);/q;+1/p-1. The van der Waals surface area contributed by atoms with Crippen molar-refractivity contribution >= 4 is 32.6 Å². The van der Waals surface area contributed by atoms with E-state index in [9.17, 15) is 23.4 Å². The Labute approximate surface area is 163 Å². The number of benzene rings is 2. The largest absolute Gasteiger partial charge is 1.00 e. The fourth-order valence-corrected chi connectivity index (χ4v) is 3.16. The average Bonchev–Trinajstić information content (AvgIpc) is 2.62. The van der Waals surface area contributed by atoms with E-state index in [0.29, 0.717) is 10.8 Å². The average molecular weight is 332 g/mol. The van der Waals surface area contributed by atoms with Gasteiger partial charge in [-0.3, -0.25) is 4.31 Å². The maximum atomic E-state index is 11.7. The van der Waals surface area contributed by atoms with Crippen LogP contribution in [0.1, 0.15) is 0 Å². The van der Waals surface area contributed by atoms with E-state index in [1.165, 1.54) is 24.3 Å². The number of phenols is 2. The van der Waals surface area contributed by atoms with E-state index < -0.39 is 22.7 Å². The molecule has 0 spiro atoms. The van der Waals surface area contributed by atoms with Crippen LogP contribution in [-0.4, -0.2) is 31.1 Å². The Kier molecular flexibility index (Phi) is 4.52. The van der Waals surface area contributed by atoms with Gasteiger partial charge < -0.3 is 19.7 Å². The van der Waals surface area contributed by atoms with Crippen LogP contribution in [0, 0.1) is 0 Å². The summed E-state index contributed by atoms with van der Waals surface area (Å²) in [7, 11) is -4.10. The number of fused-ring (bicyclic) bond motifs is 1. The Morgan fingerprint density at radius 2 is 1.81 bits per heavy atom. The summed E-state index contributed by atoms with van der Waals surface area (Å²) in [6, 6.07) is 7.22. The van der Waals surface area contributed by atoms with Gasteiger partial charge in [0.2, 0.25) is 0 Å². The number of amides is 1. The van der Waals surface area contributed by atoms with Gasteiger partial charge in [-0.05, 0) is 35.0 Å². The Balaban J connectivity index is 0.00000161. The summed E-state index contributed by atoms with van der Waals surface area (Å²) in [5.74, 6) is -1.06. The van der Waals surface area contributed by atoms with Crippen LogP contribution in [0.25, 0.3) is 15.5 Å². The van der Waals surface area contributed by atoms with Gasteiger partial charge in [-0.25, -0.2) is 8.42 Å². The smallest absolute Gasteiger partial charge is 0.526 e. The fraction of sp³-hybridized carbons (Fsp3) is 0.0833. The molecule has 1 amide bonds. The van der Waals surface area contributed by atoms with Crippen molar-refractivity contribution < 1.29 is 74.8 Å². The third-order valence-corrected chi connectivity index (χ3v) is 4.28. The van der Waals surface area contributed by atoms with Gasteiger partial charge in [-0.1, -0.05) is 6.07 Å². The summed E-state index contributed by atoms with van der Waals surface area (Å²) in [5.41, 5.74) is -0.0438. The Morgan fingerprint density at radius 3 is 2.43 bits per heavy atom. The van der Waals surface area contributed by atoms with Crippen LogP contribution in [-0.2, 0) is 15.0 Å². The van der Waals surface area contributed by atoms with E-state index in [-0.39, 0.29) is 68.6 Å². The van der Waals surface area contributed by atoms with Gasteiger partial charge in [-0.15, -0.1) is 0 Å². The molecule has 1 aliphatic heterocycles. The second-order valence-electron chi connectivity index (χ2n) is 4.34. The van der Waals surface area contributed by atoms with E-state index in [1.807, 2.05) is 0 Å². The molecule has 0 saturated carbocycles. The monoisotopic (exact) mass is 332 g/mol. The molecule has 3 rings (SSSR count). The molecule has 1 aliphatic rings. The fourth-order valence-electron chi connectivity index (χ4n) is 2.08. The normalized spacial score (nSPS) is 16.6. The van der Waals surface area contributed by atoms with E-state index in [0.717, 1.165) is 4.31 Å². The van der Waals surface area contributed by atoms with Gasteiger partial charge in [0, 0.05) is 0 Å². The van der Waals surface area contributed by atoms with Crippen molar-refractivity contribution in [3.05, 3.63) is 35.1 Å². The molecule has 0 unspecified atom stereocenters. The van der Waals surface area contributed by atoms with E-state index >= 15 is 0 Å². The number of nitrogens with zero attached hydrogens (tertiary/aromatic N) is 2. The quantitative estimate of drug-likeness (QED) is 0.600. The minimum Gasteiger partial charge on any atom is -0.526 e. The van der Waals surface area contributed by atoms with Gasteiger partial charge in [0.05, 0.1) is 18.1 Å². The second kappa shape index (κ2) is 5.74. The summed E-state index contributed by atoms with van der Waals surface area (Å²) < 4.78 is 27.2. The minimum absolute atomic E-state index is 0. The SMILES string of the molecule is O=C1CN(c2cc3cc(O)ccc3cc2O)S(=O)(=O)[N-]1.[K+]. The number of rotatable bonds is 1. The van der Waals surface area contributed by atoms with Crippen molar-refractivity contribution in [3.8, 4) is 11.5 Å². The molecular weight excluding hydrogens is 323 g/mol. The summed E-state index contributed by atoms with van der Waals surface area (Å²) in [6.45, 7) is -0.444. The van der Waals surface area contributed by atoms with Crippen molar-refractivity contribution in [2.45, 2.75) is 0 Å². The molecule has 0 radical (unpaired) electrons. The van der Waals surface area contributed by atoms with Gasteiger partial charge in [0.25, 0.3) is 0 Å². The summed E-state index contributed by atoms with van der Waals surface area (Å²) in [6.07, 6.45) is 0. The number of hydrogen-bond donors (Lipinski definition) is 2. The predicted molar refractivity (Wildman–Crippen MR) is 71.9 cm³/mol. The first-order chi connectivity index (χ1) is 9.37.